The van der Waals surface area contributed by atoms with E-state index in [9.17, 15) is 9.59 Å². The number of anilines is 1. The molecular weight excluding hydrogens is 512 g/mol. The maximum Gasteiger partial charge on any atom is 0.196 e. The van der Waals surface area contributed by atoms with Gasteiger partial charge in [0.05, 0.1) is 16.3 Å². The normalized spacial score (nSPS) is 21.4. The quantitative estimate of drug-likeness (QED) is 0.239. The Balaban J connectivity index is 1.51. The second-order valence-corrected chi connectivity index (χ2v) is 11.4. The zero-order chi connectivity index (χ0) is 23.5. The maximum absolute atomic E-state index is 13.7. The zero-order valence-corrected chi connectivity index (χ0v) is 20.9. The molecule has 34 heavy (non-hydrogen) atoms. The molecule has 0 bridgehead atoms. The van der Waals surface area contributed by atoms with Crippen LogP contribution in [0.2, 0.25) is 5.02 Å². The molecule has 0 amide bonds. The van der Waals surface area contributed by atoms with Crippen molar-refractivity contribution in [1.82, 2.24) is 4.57 Å². The van der Waals surface area contributed by atoms with Gasteiger partial charge in [-0.3, -0.25) is 9.59 Å². The summed E-state index contributed by atoms with van der Waals surface area (Å²) in [7, 11) is 0. The van der Waals surface area contributed by atoms with E-state index in [0.717, 1.165) is 43.9 Å². The molecule has 4 nitrogen and oxygen atoms in total. The summed E-state index contributed by atoms with van der Waals surface area (Å²) in [4.78, 5) is 27.0. The molecular formula is C28H20BrClN2O2. The summed E-state index contributed by atoms with van der Waals surface area (Å²) in [6, 6.07) is 17.2. The van der Waals surface area contributed by atoms with Crippen LogP contribution in [0.5, 0.6) is 0 Å². The molecule has 3 aromatic carbocycles. The maximum atomic E-state index is 13.7. The molecule has 1 N–H and O–H groups in total. The predicted octanol–water partition coefficient (Wildman–Crippen LogP) is 6.80. The van der Waals surface area contributed by atoms with Crippen molar-refractivity contribution in [2.24, 2.45) is 5.92 Å². The van der Waals surface area contributed by atoms with Crippen molar-refractivity contribution in [3.8, 4) is 0 Å². The fourth-order valence-corrected chi connectivity index (χ4v) is 7.05. The lowest BCUT2D eigenvalue weighted by Crippen LogP contribution is -2.46. The van der Waals surface area contributed by atoms with Crippen LogP contribution in [0.1, 0.15) is 62.9 Å². The molecule has 0 spiro atoms. The first kappa shape index (κ1) is 20.5. The Labute approximate surface area is 210 Å². The Morgan fingerprint density at radius 1 is 1.00 bits per heavy atom. The molecule has 3 aliphatic rings. The van der Waals surface area contributed by atoms with Crippen molar-refractivity contribution >= 4 is 55.7 Å². The van der Waals surface area contributed by atoms with Crippen LogP contribution in [-0.2, 0) is 6.54 Å². The average Bonchev–Trinajstić information content (AvgIpc) is 3.34. The summed E-state index contributed by atoms with van der Waals surface area (Å²) in [5, 5.41) is 5.47. The molecule has 0 saturated heterocycles. The first-order valence-electron chi connectivity index (χ1n) is 11.4. The van der Waals surface area contributed by atoms with Gasteiger partial charge in [-0.05, 0) is 43.7 Å². The van der Waals surface area contributed by atoms with Crippen LogP contribution in [0.3, 0.4) is 0 Å². The van der Waals surface area contributed by atoms with Gasteiger partial charge < -0.3 is 9.88 Å². The highest BCUT2D eigenvalue weighted by molar-refractivity contribution is 9.10. The van der Waals surface area contributed by atoms with Gasteiger partial charge in [-0.2, -0.15) is 0 Å². The Bertz CT molecular complexity index is 1620. The van der Waals surface area contributed by atoms with Crippen molar-refractivity contribution in [1.29, 1.82) is 0 Å². The summed E-state index contributed by atoms with van der Waals surface area (Å²) in [6.07, 6.45) is 0. The molecule has 2 atom stereocenters. The monoisotopic (exact) mass is 530 g/mol. The number of carbonyl (C=O) groups excluding carboxylic acids is 2. The van der Waals surface area contributed by atoms with Crippen LogP contribution in [-0.4, -0.2) is 21.7 Å². The first-order valence-corrected chi connectivity index (χ1v) is 12.6. The number of aromatic nitrogens is 1. The van der Waals surface area contributed by atoms with Crippen LogP contribution >= 0.6 is 27.5 Å². The molecule has 7 rings (SSSR count). The molecule has 1 aromatic heterocycles. The lowest BCUT2D eigenvalue weighted by atomic mass is 9.69. The summed E-state index contributed by atoms with van der Waals surface area (Å²) < 4.78 is 3.32. The third kappa shape index (κ3) is 2.44. The number of hydrogen-bond acceptors (Lipinski definition) is 3. The van der Waals surface area contributed by atoms with Crippen molar-refractivity contribution in [3.63, 3.8) is 0 Å². The lowest BCUT2D eigenvalue weighted by molar-refractivity contribution is 0.0979. The van der Waals surface area contributed by atoms with E-state index in [4.69, 9.17) is 11.6 Å². The summed E-state index contributed by atoms with van der Waals surface area (Å²) in [5.74, 6) is 0.0751. The number of benzene rings is 3. The average molecular weight is 532 g/mol. The van der Waals surface area contributed by atoms with E-state index in [1.165, 1.54) is 0 Å². The smallest absolute Gasteiger partial charge is 0.196 e. The van der Waals surface area contributed by atoms with Crippen LogP contribution in [0.4, 0.5) is 5.69 Å². The summed E-state index contributed by atoms with van der Waals surface area (Å²) in [6.45, 7) is 5.18. The van der Waals surface area contributed by atoms with Crippen molar-refractivity contribution in [2.75, 3.05) is 5.32 Å². The first-order chi connectivity index (χ1) is 16.3. The molecule has 0 unspecified atom stereocenters. The third-order valence-corrected chi connectivity index (χ3v) is 8.80. The third-order valence-electron chi connectivity index (χ3n) is 7.91. The highest BCUT2D eigenvalue weighted by Crippen LogP contribution is 2.56. The van der Waals surface area contributed by atoms with E-state index in [0.29, 0.717) is 22.3 Å². The Morgan fingerprint density at radius 3 is 2.50 bits per heavy atom. The minimum absolute atomic E-state index is 0.0234. The standard InChI is InChI=1S/C28H20BrClN2O2/c1-28(2)19-12-32-20-10-7-13(29)11-18(20)23(30)25(32)21(19)16-8-9-17-22(24(16)31-28)27(34)15-6-4-3-5-14(15)26(17)33/h3-11,19,21,31H,12H2,1-2H3/t19-,21-/m1/s1. The number of nitrogens with zero attached hydrogens (tertiary/aromatic N) is 1. The minimum atomic E-state index is -0.308. The largest absolute Gasteiger partial charge is 0.379 e. The number of rotatable bonds is 0. The number of fused-ring (bicyclic) bond motifs is 10. The van der Waals surface area contributed by atoms with Gasteiger partial charge in [0.1, 0.15) is 0 Å². The fourth-order valence-electron chi connectivity index (χ4n) is 6.32. The van der Waals surface area contributed by atoms with E-state index >= 15 is 0 Å². The predicted molar refractivity (Wildman–Crippen MR) is 137 cm³/mol. The number of ketones is 2. The van der Waals surface area contributed by atoms with Crippen LogP contribution in [0.25, 0.3) is 10.9 Å². The van der Waals surface area contributed by atoms with Crippen LogP contribution < -0.4 is 5.32 Å². The van der Waals surface area contributed by atoms with Gasteiger partial charge >= 0.3 is 0 Å². The van der Waals surface area contributed by atoms with E-state index in [1.807, 2.05) is 24.3 Å². The van der Waals surface area contributed by atoms with Crippen molar-refractivity contribution in [2.45, 2.75) is 31.8 Å². The second-order valence-electron chi connectivity index (χ2n) is 10.1. The molecule has 1 aliphatic carbocycles. The second kappa shape index (κ2) is 6.61. The number of carbonyl (C=O) groups is 2. The van der Waals surface area contributed by atoms with Gasteiger partial charge in [-0.1, -0.05) is 57.9 Å². The Morgan fingerprint density at radius 2 is 1.74 bits per heavy atom. The molecule has 0 saturated carbocycles. The topological polar surface area (TPSA) is 51.1 Å². The highest BCUT2D eigenvalue weighted by atomic mass is 79.9. The van der Waals surface area contributed by atoms with Crippen LogP contribution in [0.15, 0.2) is 59.1 Å². The SMILES string of the molecule is CC1(C)Nc2c(ccc3c2C(=O)c2ccccc2C3=O)[C@H]2c3c(Cl)c4cc(Br)ccc4n3C[C@H]21. The Kier molecular flexibility index (Phi) is 3.98. The minimum Gasteiger partial charge on any atom is -0.379 e. The molecule has 6 heteroatoms. The van der Waals surface area contributed by atoms with Gasteiger partial charge in [-0.25, -0.2) is 0 Å². The molecule has 2 aliphatic heterocycles. The van der Waals surface area contributed by atoms with Gasteiger partial charge in [0.15, 0.2) is 11.6 Å². The van der Waals surface area contributed by atoms with Crippen LogP contribution in [0, 0.1) is 5.92 Å². The summed E-state index contributed by atoms with van der Waals surface area (Å²) >= 11 is 10.6. The molecule has 4 aromatic rings. The number of nitrogens with one attached hydrogen (secondary N) is 1. The van der Waals surface area contributed by atoms with Gasteiger partial charge in [0, 0.05) is 61.7 Å². The van der Waals surface area contributed by atoms with Crippen molar-refractivity contribution in [3.05, 3.63) is 97.6 Å². The molecule has 3 heterocycles. The van der Waals surface area contributed by atoms with Gasteiger partial charge in [0.25, 0.3) is 0 Å². The molecule has 168 valence electrons. The van der Waals surface area contributed by atoms with E-state index in [2.05, 4.69) is 51.8 Å². The lowest BCUT2D eigenvalue weighted by Gasteiger charge is -2.44. The van der Waals surface area contributed by atoms with Gasteiger partial charge in [0.2, 0.25) is 0 Å². The number of hydrogen-bond donors (Lipinski definition) is 1. The summed E-state index contributed by atoms with van der Waals surface area (Å²) in [5.41, 5.74) is 5.61. The van der Waals surface area contributed by atoms with E-state index in [1.54, 1.807) is 18.2 Å². The highest BCUT2D eigenvalue weighted by Gasteiger charge is 2.50. The molecule has 0 fully saturated rings. The fraction of sp³-hybridized carbons (Fsp3) is 0.214. The van der Waals surface area contributed by atoms with Gasteiger partial charge in [-0.15, -0.1) is 0 Å². The zero-order valence-electron chi connectivity index (χ0n) is 18.6. The van der Waals surface area contributed by atoms with Crippen molar-refractivity contribution < 1.29 is 9.59 Å². The number of halogens is 2. The molecule has 0 radical (unpaired) electrons. The van der Waals surface area contributed by atoms with E-state index < -0.39 is 0 Å². The van der Waals surface area contributed by atoms with E-state index in [-0.39, 0.29) is 28.9 Å². The Hall–Kier alpha value is -2.89.